The second-order valence-electron chi connectivity index (χ2n) is 9.13. The first kappa shape index (κ1) is 21.3. The number of benzene rings is 1. The van der Waals surface area contributed by atoms with E-state index >= 15 is 0 Å². The molecule has 0 bridgehead atoms. The van der Waals surface area contributed by atoms with Gasteiger partial charge in [0, 0.05) is 45.3 Å². The van der Waals surface area contributed by atoms with Crippen LogP contribution in [0.15, 0.2) is 30.6 Å². The molecule has 0 aliphatic carbocycles. The second kappa shape index (κ2) is 8.30. The van der Waals surface area contributed by atoms with Crippen molar-refractivity contribution in [3.8, 4) is 0 Å². The van der Waals surface area contributed by atoms with Gasteiger partial charge in [0.05, 0.1) is 5.56 Å². The summed E-state index contributed by atoms with van der Waals surface area (Å²) < 4.78 is 46.4. The molecule has 3 heterocycles. The van der Waals surface area contributed by atoms with Crippen LogP contribution >= 0.6 is 0 Å². The number of hydrogen-bond donors (Lipinski definition) is 0. The van der Waals surface area contributed by atoms with Crippen molar-refractivity contribution < 1.29 is 17.9 Å². The summed E-state index contributed by atoms with van der Waals surface area (Å²) in [4.78, 5) is 2.35. The first-order valence-corrected chi connectivity index (χ1v) is 10.6. The SMILES string of the molecule is CC(C)Cn1cnnc1C1CN(Cc2ccc(C(F)(F)F)cc2)CC12CCOCC2. The van der Waals surface area contributed by atoms with Crippen LogP contribution in [0.25, 0.3) is 0 Å². The minimum atomic E-state index is -4.30. The molecule has 2 aromatic rings. The van der Waals surface area contributed by atoms with Crippen LogP contribution in [0.2, 0.25) is 0 Å². The number of nitrogens with zero attached hydrogens (tertiary/aromatic N) is 4. The molecule has 0 saturated carbocycles. The molecule has 1 aromatic heterocycles. The molecule has 164 valence electrons. The van der Waals surface area contributed by atoms with Gasteiger partial charge in [-0.2, -0.15) is 13.2 Å². The number of rotatable bonds is 5. The van der Waals surface area contributed by atoms with Gasteiger partial charge in [0.1, 0.15) is 12.2 Å². The molecule has 2 aliphatic rings. The molecular weight excluding hydrogens is 393 g/mol. The first-order chi connectivity index (χ1) is 14.3. The highest BCUT2D eigenvalue weighted by atomic mass is 19.4. The zero-order valence-electron chi connectivity index (χ0n) is 17.5. The van der Waals surface area contributed by atoms with Crippen molar-refractivity contribution in [2.75, 3.05) is 26.3 Å². The van der Waals surface area contributed by atoms with Crippen LogP contribution in [0, 0.1) is 11.3 Å². The van der Waals surface area contributed by atoms with Crippen LogP contribution in [0.5, 0.6) is 0 Å². The molecule has 2 fully saturated rings. The lowest BCUT2D eigenvalue weighted by Crippen LogP contribution is -2.37. The van der Waals surface area contributed by atoms with Gasteiger partial charge in [-0.15, -0.1) is 10.2 Å². The van der Waals surface area contributed by atoms with E-state index < -0.39 is 11.7 Å². The fourth-order valence-corrected chi connectivity index (χ4v) is 4.96. The van der Waals surface area contributed by atoms with Gasteiger partial charge in [0.2, 0.25) is 0 Å². The topological polar surface area (TPSA) is 43.2 Å². The summed E-state index contributed by atoms with van der Waals surface area (Å²) in [6.07, 6.45) is -0.545. The Kier molecular flexibility index (Phi) is 5.90. The maximum absolute atomic E-state index is 12.9. The molecular formula is C22H29F3N4O. The maximum atomic E-state index is 12.9. The third-order valence-electron chi connectivity index (χ3n) is 6.41. The minimum Gasteiger partial charge on any atom is -0.381 e. The predicted octanol–water partition coefficient (Wildman–Crippen LogP) is 4.35. The van der Waals surface area contributed by atoms with Gasteiger partial charge < -0.3 is 9.30 Å². The Morgan fingerprint density at radius 3 is 2.50 bits per heavy atom. The van der Waals surface area contributed by atoms with E-state index in [4.69, 9.17) is 4.74 Å². The smallest absolute Gasteiger partial charge is 0.381 e. The van der Waals surface area contributed by atoms with E-state index in [1.54, 1.807) is 12.1 Å². The molecule has 2 aliphatic heterocycles. The molecule has 8 heteroatoms. The van der Waals surface area contributed by atoms with Crippen LogP contribution in [0.3, 0.4) is 0 Å². The first-order valence-electron chi connectivity index (χ1n) is 10.6. The van der Waals surface area contributed by atoms with Crippen molar-refractivity contribution in [1.82, 2.24) is 19.7 Å². The van der Waals surface area contributed by atoms with Gasteiger partial charge in [-0.25, -0.2) is 0 Å². The molecule has 5 nitrogen and oxygen atoms in total. The predicted molar refractivity (Wildman–Crippen MR) is 107 cm³/mol. The van der Waals surface area contributed by atoms with Gasteiger partial charge in [-0.05, 0) is 41.9 Å². The molecule has 1 atom stereocenters. The number of likely N-dealkylation sites (tertiary alicyclic amines) is 1. The van der Waals surface area contributed by atoms with E-state index in [9.17, 15) is 13.2 Å². The Hall–Kier alpha value is -1.93. The summed E-state index contributed by atoms with van der Waals surface area (Å²) in [5, 5.41) is 8.70. The zero-order chi connectivity index (χ0) is 21.4. The highest BCUT2D eigenvalue weighted by molar-refractivity contribution is 5.25. The highest BCUT2D eigenvalue weighted by Gasteiger charge is 2.49. The number of hydrogen-bond acceptors (Lipinski definition) is 4. The van der Waals surface area contributed by atoms with Crippen LogP contribution < -0.4 is 0 Å². The highest BCUT2D eigenvalue weighted by Crippen LogP contribution is 2.49. The summed E-state index contributed by atoms with van der Waals surface area (Å²) in [5.41, 5.74) is 0.370. The molecule has 0 radical (unpaired) electrons. The van der Waals surface area contributed by atoms with Crippen molar-refractivity contribution in [1.29, 1.82) is 0 Å². The maximum Gasteiger partial charge on any atom is 0.416 e. The molecule has 1 unspecified atom stereocenters. The molecule has 4 rings (SSSR count). The third-order valence-corrected chi connectivity index (χ3v) is 6.41. The number of alkyl halides is 3. The van der Waals surface area contributed by atoms with Crippen LogP contribution in [0.1, 0.15) is 49.6 Å². The fraction of sp³-hybridized carbons (Fsp3) is 0.636. The third kappa shape index (κ3) is 4.39. The normalized spacial score (nSPS) is 22.3. The summed E-state index contributed by atoms with van der Waals surface area (Å²) in [6.45, 7) is 9.08. The Morgan fingerprint density at radius 2 is 1.87 bits per heavy atom. The minimum absolute atomic E-state index is 0.0753. The lowest BCUT2D eigenvalue weighted by atomic mass is 9.71. The monoisotopic (exact) mass is 422 g/mol. The van der Waals surface area contributed by atoms with Gasteiger partial charge in [-0.1, -0.05) is 26.0 Å². The largest absolute Gasteiger partial charge is 0.416 e. The molecule has 2 saturated heterocycles. The fourth-order valence-electron chi connectivity index (χ4n) is 4.96. The van der Waals surface area contributed by atoms with E-state index in [0.717, 1.165) is 57.1 Å². The van der Waals surface area contributed by atoms with E-state index in [0.29, 0.717) is 12.5 Å². The molecule has 0 N–H and O–H groups in total. The summed E-state index contributed by atoms with van der Waals surface area (Å²) >= 11 is 0. The van der Waals surface area contributed by atoms with Gasteiger partial charge in [0.25, 0.3) is 0 Å². The average molecular weight is 422 g/mol. The van der Waals surface area contributed by atoms with E-state index in [1.165, 1.54) is 12.1 Å². The molecule has 0 amide bonds. The van der Waals surface area contributed by atoms with Crippen molar-refractivity contribution in [2.45, 2.75) is 51.9 Å². The summed E-state index contributed by atoms with van der Waals surface area (Å²) in [7, 11) is 0. The number of halogens is 3. The van der Waals surface area contributed by atoms with Crippen LogP contribution in [0.4, 0.5) is 13.2 Å². The zero-order valence-corrected chi connectivity index (χ0v) is 17.5. The summed E-state index contributed by atoms with van der Waals surface area (Å²) in [5.74, 6) is 1.77. The van der Waals surface area contributed by atoms with Crippen LogP contribution in [-0.4, -0.2) is 46.0 Å². The standard InChI is InChI=1S/C22H29F3N4O/c1-16(2)11-29-15-26-27-20(29)19-13-28(14-21(19)7-9-30-10-8-21)12-17-3-5-18(6-4-17)22(23,24)25/h3-6,15-16,19H,7-14H2,1-2H3. The second-order valence-corrected chi connectivity index (χ2v) is 9.13. The molecule has 1 aromatic carbocycles. The van der Waals surface area contributed by atoms with E-state index in [2.05, 4.69) is 33.5 Å². The van der Waals surface area contributed by atoms with Gasteiger partial charge in [0.15, 0.2) is 0 Å². The quantitative estimate of drug-likeness (QED) is 0.719. The Morgan fingerprint density at radius 1 is 1.17 bits per heavy atom. The Balaban J connectivity index is 1.55. The Bertz CT molecular complexity index is 841. The van der Waals surface area contributed by atoms with Crippen molar-refractivity contribution in [3.63, 3.8) is 0 Å². The van der Waals surface area contributed by atoms with Gasteiger partial charge >= 0.3 is 6.18 Å². The molecule has 30 heavy (non-hydrogen) atoms. The van der Waals surface area contributed by atoms with E-state index in [-0.39, 0.29) is 11.3 Å². The van der Waals surface area contributed by atoms with Crippen molar-refractivity contribution in [2.24, 2.45) is 11.3 Å². The lowest BCUT2D eigenvalue weighted by molar-refractivity contribution is -0.137. The lowest BCUT2D eigenvalue weighted by Gasteiger charge is -2.37. The van der Waals surface area contributed by atoms with Crippen molar-refractivity contribution in [3.05, 3.63) is 47.5 Å². The Labute approximate surface area is 175 Å². The summed E-state index contributed by atoms with van der Waals surface area (Å²) in [6, 6.07) is 5.53. The van der Waals surface area contributed by atoms with Crippen LogP contribution in [-0.2, 0) is 24.0 Å². The molecule has 1 spiro atoms. The number of aromatic nitrogens is 3. The van der Waals surface area contributed by atoms with Gasteiger partial charge in [-0.3, -0.25) is 4.90 Å². The average Bonchev–Trinajstić information content (AvgIpc) is 3.26. The van der Waals surface area contributed by atoms with E-state index in [1.807, 2.05) is 6.33 Å². The number of ether oxygens (including phenoxy) is 1. The van der Waals surface area contributed by atoms with Crippen molar-refractivity contribution >= 4 is 0 Å².